The smallest absolute Gasteiger partial charge is 0.250 e. The van der Waals surface area contributed by atoms with E-state index >= 15 is 0 Å². The summed E-state index contributed by atoms with van der Waals surface area (Å²) in [6.45, 7) is 2.05. The summed E-state index contributed by atoms with van der Waals surface area (Å²) >= 11 is 0. The van der Waals surface area contributed by atoms with Gasteiger partial charge in [0.05, 0.1) is 11.3 Å². The largest absolute Gasteiger partial charge is 0.366 e. The van der Waals surface area contributed by atoms with Gasteiger partial charge in [-0.25, -0.2) is 0 Å². The number of fused-ring (bicyclic) bond motifs is 1. The zero-order chi connectivity index (χ0) is 15.5. The lowest BCUT2D eigenvalue weighted by atomic mass is 10.0. The van der Waals surface area contributed by atoms with Crippen molar-refractivity contribution in [1.82, 2.24) is 0 Å². The molecule has 2 N–H and O–H groups in total. The van der Waals surface area contributed by atoms with Crippen LogP contribution in [-0.4, -0.2) is 12.1 Å². The van der Waals surface area contributed by atoms with Crippen molar-refractivity contribution >= 4 is 28.6 Å². The Morgan fingerprint density at radius 2 is 1.73 bits per heavy atom. The molecule has 3 heteroatoms. The first-order valence-corrected chi connectivity index (χ1v) is 7.08. The molecule has 0 aliphatic carbocycles. The molecular formula is C19H16N2O. The minimum atomic E-state index is -0.470. The van der Waals surface area contributed by atoms with E-state index in [1.807, 2.05) is 25.1 Å². The number of rotatable bonds is 3. The Bertz CT molecular complexity index is 881. The third-order valence-electron chi connectivity index (χ3n) is 3.69. The van der Waals surface area contributed by atoms with Crippen molar-refractivity contribution in [3.8, 4) is 0 Å². The van der Waals surface area contributed by atoms with Crippen molar-refractivity contribution in [1.29, 1.82) is 0 Å². The molecule has 0 aliphatic heterocycles. The number of nitrogens with two attached hydrogens (primary N) is 1. The third-order valence-corrected chi connectivity index (χ3v) is 3.69. The minimum Gasteiger partial charge on any atom is -0.366 e. The Hall–Kier alpha value is -2.94. The van der Waals surface area contributed by atoms with Gasteiger partial charge in [0.1, 0.15) is 0 Å². The summed E-state index contributed by atoms with van der Waals surface area (Å²) in [4.78, 5) is 15.9. The van der Waals surface area contributed by atoms with Crippen LogP contribution in [0.5, 0.6) is 0 Å². The minimum absolute atomic E-state index is 0.427. The van der Waals surface area contributed by atoms with Crippen LogP contribution in [0.4, 0.5) is 5.69 Å². The predicted molar refractivity (Wildman–Crippen MR) is 90.9 cm³/mol. The zero-order valence-corrected chi connectivity index (χ0v) is 12.3. The van der Waals surface area contributed by atoms with E-state index in [1.54, 1.807) is 24.4 Å². The maximum atomic E-state index is 11.5. The molecular weight excluding hydrogens is 272 g/mol. The van der Waals surface area contributed by atoms with Crippen LogP contribution in [0.2, 0.25) is 0 Å². The number of aliphatic imine (C=N–C) groups is 1. The third kappa shape index (κ3) is 2.61. The summed E-state index contributed by atoms with van der Waals surface area (Å²) in [6.07, 6.45) is 1.80. The summed E-state index contributed by atoms with van der Waals surface area (Å²) in [7, 11) is 0. The van der Waals surface area contributed by atoms with E-state index in [-0.39, 0.29) is 0 Å². The van der Waals surface area contributed by atoms with Gasteiger partial charge in [0.15, 0.2) is 0 Å². The molecule has 0 saturated carbocycles. The van der Waals surface area contributed by atoms with E-state index in [0.29, 0.717) is 11.3 Å². The molecule has 0 unspecified atom stereocenters. The molecule has 0 aromatic heterocycles. The van der Waals surface area contributed by atoms with Gasteiger partial charge >= 0.3 is 0 Å². The number of amides is 1. The second-order valence-corrected chi connectivity index (χ2v) is 5.16. The molecule has 0 heterocycles. The van der Waals surface area contributed by atoms with Crippen molar-refractivity contribution in [3.63, 3.8) is 0 Å². The molecule has 3 rings (SSSR count). The Balaban J connectivity index is 2.11. The maximum Gasteiger partial charge on any atom is 0.250 e. The molecule has 0 aliphatic rings. The van der Waals surface area contributed by atoms with E-state index < -0.39 is 5.91 Å². The Morgan fingerprint density at radius 3 is 2.55 bits per heavy atom. The molecule has 108 valence electrons. The van der Waals surface area contributed by atoms with Crippen molar-refractivity contribution in [2.45, 2.75) is 6.92 Å². The number of hydrogen-bond acceptors (Lipinski definition) is 2. The van der Waals surface area contributed by atoms with Gasteiger partial charge in [-0.15, -0.1) is 0 Å². The molecule has 3 nitrogen and oxygen atoms in total. The highest BCUT2D eigenvalue weighted by molar-refractivity contribution is 6.03. The van der Waals surface area contributed by atoms with Gasteiger partial charge in [-0.05, 0) is 35.4 Å². The van der Waals surface area contributed by atoms with Gasteiger partial charge in [-0.1, -0.05) is 48.5 Å². The highest BCUT2D eigenvalue weighted by Gasteiger charge is 2.06. The highest BCUT2D eigenvalue weighted by Crippen LogP contribution is 2.23. The van der Waals surface area contributed by atoms with E-state index in [2.05, 4.69) is 29.3 Å². The van der Waals surface area contributed by atoms with E-state index in [9.17, 15) is 4.79 Å². The first-order chi connectivity index (χ1) is 10.7. The van der Waals surface area contributed by atoms with Crippen molar-refractivity contribution in [2.24, 2.45) is 10.7 Å². The summed E-state index contributed by atoms with van der Waals surface area (Å²) in [5, 5.41) is 2.31. The molecule has 1 amide bonds. The first-order valence-electron chi connectivity index (χ1n) is 7.08. The van der Waals surface area contributed by atoms with Crippen LogP contribution in [0.3, 0.4) is 0 Å². The standard InChI is InChI=1S/C19H16N2O/c1-13-10-11-14-6-2-3-7-15(14)17(13)12-21-18-9-5-4-8-16(18)19(20)22/h2-12H,1H3,(H2,20,22)/b21-12+. The average Bonchev–Trinajstić information content (AvgIpc) is 2.54. The van der Waals surface area contributed by atoms with Gasteiger partial charge in [0, 0.05) is 11.8 Å². The number of primary amides is 1. The zero-order valence-electron chi connectivity index (χ0n) is 12.3. The van der Waals surface area contributed by atoms with Gasteiger partial charge < -0.3 is 5.73 Å². The molecule has 0 bridgehead atoms. The van der Waals surface area contributed by atoms with E-state index in [1.165, 1.54) is 0 Å². The Labute approximate surface area is 129 Å². The number of carbonyl (C=O) groups excluding carboxylic acids is 1. The number of aryl methyl sites for hydroxylation is 1. The lowest BCUT2D eigenvalue weighted by Gasteiger charge is -2.06. The fourth-order valence-electron chi connectivity index (χ4n) is 2.50. The molecule has 0 radical (unpaired) electrons. The SMILES string of the molecule is Cc1ccc2ccccc2c1/C=N/c1ccccc1C(N)=O. The summed E-state index contributed by atoms with van der Waals surface area (Å²) in [5.74, 6) is -0.470. The van der Waals surface area contributed by atoms with Crippen molar-refractivity contribution in [2.75, 3.05) is 0 Å². The van der Waals surface area contributed by atoms with E-state index in [4.69, 9.17) is 5.73 Å². The highest BCUT2D eigenvalue weighted by atomic mass is 16.1. The number of nitrogens with zero attached hydrogens (tertiary/aromatic N) is 1. The molecule has 0 atom stereocenters. The first kappa shape index (κ1) is 14.0. The second-order valence-electron chi connectivity index (χ2n) is 5.16. The summed E-state index contributed by atoms with van der Waals surface area (Å²) < 4.78 is 0. The summed E-state index contributed by atoms with van der Waals surface area (Å²) in [6, 6.07) is 19.4. The maximum absolute atomic E-state index is 11.5. The van der Waals surface area contributed by atoms with Crippen LogP contribution in [0.25, 0.3) is 10.8 Å². The van der Waals surface area contributed by atoms with Gasteiger partial charge in [-0.2, -0.15) is 0 Å². The topological polar surface area (TPSA) is 55.4 Å². The van der Waals surface area contributed by atoms with Crippen molar-refractivity contribution < 1.29 is 4.79 Å². The quantitative estimate of drug-likeness (QED) is 0.728. The molecule has 0 spiro atoms. The number of para-hydroxylation sites is 1. The normalized spacial score (nSPS) is 11.1. The molecule has 0 fully saturated rings. The van der Waals surface area contributed by atoms with Gasteiger partial charge in [0.2, 0.25) is 0 Å². The average molecular weight is 288 g/mol. The van der Waals surface area contributed by atoms with Crippen LogP contribution in [0.1, 0.15) is 21.5 Å². The van der Waals surface area contributed by atoms with Crippen LogP contribution < -0.4 is 5.73 Å². The fourth-order valence-corrected chi connectivity index (χ4v) is 2.50. The molecule has 0 saturated heterocycles. The molecule has 22 heavy (non-hydrogen) atoms. The number of benzene rings is 3. The lowest BCUT2D eigenvalue weighted by molar-refractivity contribution is 0.100. The number of hydrogen-bond donors (Lipinski definition) is 1. The number of carbonyl (C=O) groups is 1. The van der Waals surface area contributed by atoms with E-state index in [0.717, 1.165) is 21.9 Å². The van der Waals surface area contributed by atoms with Crippen LogP contribution >= 0.6 is 0 Å². The molecule has 3 aromatic carbocycles. The Morgan fingerprint density at radius 1 is 1.00 bits per heavy atom. The lowest BCUT2D eigenvalue weighted by Crippen LogP contribution is -2.10. The Kier molecular flexibility index (Phi) is 3.71. The van der Waals surface area contributed by atoms with Crippen molar-refractivity contribution in [3.05, 3.63) is 77.4 Å². The van der Waals surface area contributed by atoms with Crippen LogP contribution in [0.15, 0.2) is 65.7 Å². The van der Waals surface area contributed by atoms with Gasteiger partial charge in [-0.3, -0.25) is 9.79 Å². The van der Waals surface area contributed by atoms with Gasteiger partial charge in [0.25, 0.3) is 5.91 Å². The molecule has 3 aromatic rings. The van der Waals surface area contributed by atoms with Crippen LogP contribution in [-0.2, 0) is 0 Å². The predicted octanol–water partition coefficient (Wildman–Crippen LogP) is 4.00. The monoisotopic (exact) mass is 288 g/mol. The fraction of sp³-hybridized carbons (Fsp3) is 0.0526. The second kappa shape index (κ2) is 5.82. The summed E-state index contributed by atoms with van der Waals surface area (Å²) in [5.41, 5.74) is 8.60. The van der Waals surface area contributed by atoms with Crippen LogP contribution in [0, 0.1) is 6.92 Å².